The summed E-state index contributed by atoms with van der Waals surface area (Å²) in [6, 6.07) is 0. The van der Waals surface area contributed by atoms with Gasteiger partial charge in [0.2, 0.25) is 0 Å². The van der Waals surface area contributed by atoms with Crippen molar-refractivity contribution in [3.63, 3.8) is 0 Å². The fraction of sp³-hybridized carbons (Fsp3) is 1.00. The number of hydrogen-bond donors (Lipinski definition) is 16. The molecule has 0 aliphatic carbocycles. The molecule has 7 fully saturated rings. The van der Waals surface area contributed by atoms with Crippen molar-refractivity contribution in [1.29, 1.82) is 0 Å². The number of ether oxygens (including phenoxy) is 13. The van der Waals surface area contributed by atoms with Crippen molar-refractivity contribution in [2.45, 2.75) is 172 Å². The maximum atomic E-state index is 10.9. The predicted molar refractivity (Wildman–Crippen MR) is 190 cm³/mol. The van der Waals surface area contributed by atoms with Crippen molar-refractivity contribution in [3.8, 4) is 0 Å². The maximum Gasteiger partial charge on any atom is 0.186 e. The number of aliphatic hydroxyl groups excluding tert-OH is 16. The molecule has 7 heterocycles. The van der Waals surface area contributed by atoms with Crippen molar-refractivity contribution in [2.24, 2.45) is 0 Å². The molecule has 1 unspecified atom stereocenters. The Bertz CT molecular complexity index is 1350. The number of aliphatic hydroxyl groups is 16. The molecule has 29 heteroatoms. The lowest BCUT2D eigenvalue weighted by atomic mass is 10.0. The van der Waals surface area contributed by atoms with Gasteiger partial charge in [0.25, 0.3) is 0 Å². The first-order valence-corrected chi connectivity index (χ1v) is 20.5. The van der Waals surface area contributed by atoms with Gasteiger partial charge in [-0.25, -0.2) is 0 Å². The maximum absolute atomic E-state index is 10.9. The molecule has 0 radical (unpaired) electrons. The second-order valence-electron chi connectivity index (χ2n) is 16.4. The lowest BCUT2D eigenvalue weighted by Crippen LogP contribution is -2.63. The second kappa shape index (κ2) is 21.6. The summed E-state index contributed by atoms with van der Waals surface area (Å²) < 4.78 is 70.7. The van der Waals surface area contributed by atoms with Crippen LogP contribution in [0.4, 0.5) is 0 Å². The molecule has 0 aromatic carbocycles. The summed E-state index contributed by atoms with van der Waals surface area (Å²) in [5, 5.41) is 167. The molecule has 7 aliphatic heterocycles. The molecule has 0 bridgehead atoms. The third-order valence-corrected chi connectivity index (χ3v) is 11.9. The highest BCUT2D eigenvalue weighted by atomic mass is 16.8. The highest BCUT2D eigenvalue weighted by Crippen LogP contribution is 2.32. The van der Waals surface area contributed by atoms with Gasteiger partial charge < -0.3 is 143 Å². The van der Waals surface area contributed by atoms with E-state index in [1.54, 1.807) is 0 Å². The molecule has 0 spiro atoms. The molecule has 7 aliphatic rings. The van der Waals surface area contributed by atoms with E-state index in [0.717, 1.165) is 0 Å². The normalized spacial score (nSPS) is 54.4. The molecular weight excluding hydrogens is 884 g/mol. The Morgan fingerprint density at radius 1 is 0.219 bits per heavy atom. The van der Waals surface area contributed by atoms with Gasteiger partial charge in [-0.3, -0.25) is 0 Å². The zero-order chi connectivity index (χ0) is 46.3. The van der Waals surface area contributed by atoms with Crippen molar-refractivity contribution in [3.05, 3.63) is 0 Å². The van der Waals surface area contributed by atoms with Crippen LogP contribution in [-0.2, 0) is 61.6 Å². The van der Waals surface area contributed by atoms with Gasteiger partial charge in [0.15, 0.2) is 44.0 Å². The minimum absolute atomic E-state index is 0.377. The van der Waals surface area contributed by atoms with Crippen molar-refractivity contribution in [1.82, 2.24) is 0 Å². The Morgan fingerprint density at radius 3 is 0.688 bits per heavy atom. The van der Waals surface area contributed by atoms with E-state index in [0.29, 0.717) is 0 Å². The Labute approximate surface area is 361 Å². The minimum Gasteiger partial charge on any atom is -0.388 e. The Morgan fingerprint density at radius 2 is 0.422 bits per heavy atom. The topological polar surface area (TPSA) is 444 Å². The zero-order valence-corrected chi connectivity index (χ0v) is 33.6. The van der Waals surface area contributed by atoms with E-state index >= 15 is 0 Å². The van der Waals surface area contributed by atoms with Gasteiger partial charge in [-0.2, -0.15) is 0 Å². The van der Waals surface area contributed by atoms with Gasteiger partial charge in [-0.05, 0) is 0 Å². The average Bonchev–Trinajstić information content (AvgIpc) is 3.27. The van der Waals surface area contributed by atoms with Crippen LogP contribution in [0.15, 0.2) is 0 Å². The van der Waals surface area contributed by atoms with Gasteiger partial charge in [0.05, 0.1) is 46.2 Å². The van der Waals surface area contributed by atoms with Crippen molar-refractivity contribution < 1.29 is 143 Å². The summed E-state index contributed by atoms with van der Waals surface area (Å²) >= 11 is 0. The summed E-state index contributed by atoms with van der Waals surface area (Å²) in [6.07, 6.45) is -45.0. The standard InChI is InChI=1S/C35H58O29/c36-8-1-53-30(23(45)15(8)37)60-10-3-55-32(25(47)17(10)39)62-12-5-57-34(27(49)19(12)41)64-14-7-58-35(28(50)21(14)43)63-13-6-56-33(26(48)20(13)42)61-11-4-54-31(24(46)18(11)40)59-9-2-52-29(51)22(44)16(9)38/h8-51H,1-7H2/t8-,9-,10-,11-,12-,13-,14-,15+,16+,17+,18+,19+,20+,21+,22-,23-,24-,25-,26-,27-,28-,29?,30+,31+,32+,33+,34+,35+/m1/s1. The molecule has 28 atom stereocenters. The molecule has 372 valence electrons. The minimum atomic E-state index is -1.87. The zero-order valence-electron chi connectivity index (χ0n) is 33.6. The van der Waals surface area contributed by atoms with Crippen LogP contribution in [-0.4, -0.2) is 300 Å². The summed E-state index contributed by atoms with van der Waals surface area (Å²) in [6.45, 7) is -3.12. The van der Waals surface area contributed by atoms with E-state index in [-0.39, 0.29) is 13.2 Å². The van der Waals surface area contributed by atoms with Crippen LogP contribution in [0.3, 0.4) is 0 Å². The predicted octanol–water partition coefficient (Wildman–Crippen LogP) is -11.8. The first-order chi connectivity index (χ1) is 30.4. The third-order valence-electron chi connectivity index (χ3n) is 11.9. The lowest BCUT2D eigenvalue weighted by molar-refractivity contribution is -0.367. The Kier molecular flexibility index (Phi) is 17.1. The van der Waals surface area contributed by atoms with Crippen LogP contribution in [0.5, 0.6) is 0 Å². The summed E-state index contributed by atoms with van der Waals surface area (Å²) in [4.78, 5) is 0. The van der Waals surface area contributed by atoms with Gasteiger partial charge in [0.1, 0.15) is 128 Å². The first-order valence-electron chi connectivity index (χ1n) is 20.5. The van der Waals surface area contributed by atoms with Crippen LogP contribution in [0.2, 0.25) is 0 Å². The van der Waals surface area contributed by atoms with Crippen LogP contribution in [0.25, 0.3) is 0 Å². The molecular formula is C35H58O29. The van der Waals surface area contributed by atoms with Crippen molar-refractivity contribution >= 4 is 0 Å². The third kappa shape index (κ3) is 10.8. The average molecular weight is 943 g/mol. The van der Waals surface area contributed by atoms with E-state index in [4.69, 9.17) is 61.6 Å². The summed E-state index contributed by atoms with van der Waals surface area (Å²) in [5.41, 5.74) is 0. The highest BCUT2D eigenvalue weighted by Gasteiger charge is 2.52. The van der Waals surface area contributed by atoms with Gasteiger partial charge >= 0.3 is 0 Å². The van der Waals surface area contributed by atoms with Gasteiger partial charge in [-0.1, -0.05) is 0 Å². The Balaban J connectivity index is 0.826. The van der Waals surface area contributed by atoms with E-state index in [9.17, 15) is 81.7 Å². The van der Waals surface area contributed by atoms with Gasteiger partial charge in [0, 0.05) is 0 Å². The van der Waals surface area contributed by atoms with Crippen LogP contribution in [0, 0.1) is 0 Å². The lowest BCUT2D eigenvalue weighted by Gasteiger charge is -2.45. The van der Waals surface area contributed by atoms with E-state index in [2.05, 4.69) is 0 Å². The van der Waals surface area contributed by atoms with E-state index < -0.39 is 205 Å². The second-order valence-corrected chi connectivity index (χ2v) is 16.4. The van der Waals surface area contributed by atoms with Crippen LogP contribution < -0.4 is 0 Å². The van der Waals surface area contributed by atoms with Crippen LogP contribution in [0.1, 0.15) is 0 Å². The van der Waals surface area contributed by atoms with E-state index in [1.165, 1.54) is 0 Å². The summed E-state index contributed by atoms with van der Waals surface area (Å²) in [5.74, 6) is 0. The molecule has 29 nitrogen and oxygen atoms in total. The molecule has 0 amide bonds. The fourth-order valence-corrected chi connectivity index (χ4v) is 7.87. The molecule has 0 aromatic rings. The molecule has 0 aromatic heterocycles. The largest absolute Gasteiger partial charge is 0.388 e. The fourth-order valence-electron chi connectivity index (χ4n) is 7.87. The quantitative estimate of drug-likeness (QED) is 0.0864. The van der Waals surface area contributed by atoms with E-state index in [1.807, 2.05) is 0 Å². The van der Waals surface area contributed by atoms with Gasteiger partial charge in [-0.15, -0.1) is 0 Å². The molecule has 64 heavy (non-hydrogen) atoms. The Hall–Kier alpha value is -1.16. The SMILES string of the molecule is OC1OC[C@@H](O[C@@H]2OC[C@@H](O[C@@H]3OC[C@@H](O[C@@H]4OC[C@@H](O[C@@H]5OC[C@@H](O[C@@H]6OC[C@@H](O[C@@H]7OC[C@@H](O)[C@H](O)[C@H]7O)[C@H](O)[C@H]6O)[C@H](O)[C@H]5O)[C@H](O)[C@H]4O)[C@H](O)[C@H]3O)[C@H](O)[C@H]2O)[C@H](O)[C@H]1O. The van der Waals surface area contributed by atoms with Crippen molar-refractivity contribution in [2.75, 3.05) is 46.2 Å². The van der Waals surface area contributed by atoms with Crippen LogP contribution >= 0.6 is 0 Å². The molecule has 16 N–H and O–H groups in total. The molecule has 7 rings (SSSR count). The monoisotopic (exact) mass is 942 g/mol. The molecule has 0 saturated carbocycles. The first kappa shape index (κ1) is 50.7. The number of hydrogen-bond acceptors (Lipinski definition) is 29. The number of rotatable bonds is 12. The molecule has 7 saturated heterocycles. The smallest absolute Gasteiger partial charge is 0.186 e. The highest BCUT2D eigenvalue weighted by molar-refractivity contribution is 4.94. The summed E-state index contributed by atoms with van der Waals surface area (Å²) in [7, 11) is 0.